The maximum atomic E-state index is 13.4. The van der Waals surface area contributed by atoms with Crippen molar-refractivity contribution in [1.29, 1.82) is 0 Å². The van der Waals surface area contributed by atoms with Crippen LogP contribution in [0.4, 0.5) is 0 Å². The van der Waals surface area contributed by atoms with E-state index in [0.29, 0.717) is 11.5 Å². The van der Waals surface area contributed by atoms with Gasteiger partial charge in [0.05, 0.1) is 12.8 Å². The molecule has 2 aromatic rings. The second kappa shape index (κ2) is 8.68. The first-order chi connectivity index (χ1) is 15.6. The molecular weight excluding hydrogens is 446 g/mol. The van der Waals surface area contributed by atoms with Crippen LogP contribution in [0.5, 0.6) is 11.5 Å². The third kappa shape index (κ3) is 4.81. The van der Waals surface area contributed by atoms with E-state index >= 15 is 0 Å². The van der Waals surface area contributed by atoms with Gasteiger partial charge in [0, 0.05) is 19.6 Å². The lowest BCUT2D eigenvalue weighted by atomic mass is 9.94. The van der Waals surface area contributed by atoms with Crippen LogP contribution in [0.1, 0.15) is 23.6 Å². The molecule has 1 atom stereocenters. The molecule has 0 spiro atoms. The number of hydrogen-bond donors (Lipinski definition) is 1. The third-order valence-corrected chi connectivity index (χ3v) is 7.20. The topological polar surface area (TPSA) is 105 Å². The van der Waals surface area contributed by atoms with Gasteiger partial charge in [-0.3, -0.25) is 9.59 Å². The van der Waals surface area contributed by atoms with E-state index < -0.39 is 27.4 Å². The molecule has 33 heavy (non-hydrogen) atoms. The van der Waals surface area contributed by atoms with Crippen molar-refractivity contribution in [3.05, 3.63) is 59.2 Å². The highest BCUT2D eigenvalue weighted by Gasteiger charge is 2.49. The van der Waals surface area contributed by atoms with Crippen LogP contribution in [-0.4, -0.2) is 61.1 Å². The maximum Gasteiger partial charge on any atom is 0.247 e. The summed E-state index contributed by atoms with van der Waals surface area (Å²) in [5.74, 6) is 0.314. The number of carbonyl (C=O) groups excluding carboxylic acids is 2. The van der Waals surface area contributed by atoms with Crippen molar-refractivity contribution in [3.63, 3.8) is 0 Å². The summed E-state index contributed by atoms with van der Waals surface area (Å²) in [5.41, 5.74) is 1.35. The van der Waals surface area contributed by atoms with Crippen molar-refractivity contribution >= 4 is 21.8 Å². The summed E-state index contributed by atoms with van der Waals surface area (Å²) in [7, 11) is -3.67. The number of hydrogen-bond acceptors (Lipinski definition) is 6. The Morgan fingerprint density at radius 2 is 1.76 bits per heavy atom. The van der Waals surface area contributed by atoms with E-state index in [9.17, 15) is 18.0 Å². The highest BCUT2D eigenvalue weighted by molar-refractivity contribution is 7.88. The standard InChI is InChI=1S/C23H27N3O6S/c1-16-4-6-17(7-5-16)11-24-22(28)23(2)14-25(33(3,29)30)13-21(27)26(23)12-18-8-9-19-20(10-18)32-15-31-19/h4-10H,11-15H2,1-3H3,(H,24,28)/t23-/m1/s1. The molecule has 0 unspecified atom stereocenters. The van der Waals surface area contributed by atoms with Crippen LogP contribution in [0, 0.1) is 6.92 Å². The number of carbonyl (C=O) groups is 2. The second-order valence-electron chi connectivity index (χ2n) is 8.64. The fraction of sp³-hybridized carbons (Fsp3) is 0.391. The number of nitrogens with zero attached hydrogens (tertiary/aromatic N) is 2. The van der Waals surface area contributed by atoms with Gasteiger partial charge in [0.15, 0.2) is 11.5 Å². The molecular formula is C23H27N3O6S. The lowest BCUT2D eigenvalue weighted by molar-refractivity contribution is -0.153. The molecule has 2 amide bonds. The Morgan fingerprint density at radius 1 is 1.09 bits per heavy atom. The zero-order chi connectivity index (χ0) is 23.8. The van der Waals surface area contributed by atoms with Crippen LogP contribution in [0.25, 0.3) is 0 Å². The number of ether oxygens (including phenoxy) is 2. The van der Waals surface area contributed by atoms with Crippen molar-refractivity contribution in [3.8, 4) is 11.5 Å². The number of nitrogens with one attached hydrogen (secondary N) is 1. The molecule has 176 valence electrons. The number of sulfonamides is 1. The zero-order valence-corrected chi connectivity index (χ0v) is 19.6. The van der Waals surface area contributed by atoms with Crippen molar-refractivity contribution in [2.45, 2.75) is 32.5 Å². The zero-order valence-electron chi connectivity index (χ0n) is 18.8. The molecule has 0 radical (unpaired) electrons. The summed E-state index contributed by atoms with van der Waals surface area (Å²) in [6.07, 6.45) is 1.04. The molecule has 4 rings (SSSR count). The second-order valence-corrected chi connectivity index (χ2v) is 10.6. The molecule has 2 aliphatic heterocycles. The molecule has 2 aromatic carbocycles. The van der Waals surface area contributed by atoms with Crippen molar-refractivity contribution in [1.82, 2.24) is 14.5 Å². The number of benzene rings is 2. The summed E-state index contributed by atoms with van der Waals surface area (Å²) < 4.78 is 36.3. The Hall–Kier alpha value is -3.11. The van der Waals surface area contributed by atoms with Crippen LogP contribution in [0.3, 0.4) is 0 Å². The average molecular weight is 474 g/mol. The fourth-order valence-electron chi connectivity index (χ4n) is 3.99. The van der Waals surface area contributed by atoms with Gasteiger partial charge in [-0.2, -0.15) is 4.31 Å². The van der Waals surface area contributed by atoms with E-state index in [1.165, 1.54) is 4.90 Å². The predicted molar refractivity (Wildman–Crippen MR) is 121 cm³/mol. The average Bonchev–Trinajstić information content (AvgIpc) is 3.23. The monoisotopic (exact) mass is 473 g/mol. The highest BCUT2D eigenvalue weighted by Crippen LogP contribution is 2.34. The SMILES string of the molecule is Cc1ccc(CNC(=O)[C@@]2(C)CN(S(C)(=O)=O)CC(=O)N2Cc2ccc3c(c2)OCO3)cc1. The molecule has 2 heterocycles. The van der Waals surface area contributed by atoms with Gasteiger partial charge in [-0.05, 0) is 37.1 Å². The summed E-state index contributed by atoms with van der Waals surface area (Å²) in [5, 5.41) is 2.88. The number of piperazine rings is 1. The van der Waals surface area contributed by atoms with Gasteiger partial charge in [0.1, 0.15) is 5.54 Å². The van der Waals surface area contributed by atoms with E-state index in [4.69, 9.17) is 9.47 Å². The van der Waals surface area contributed by atoms with Crippen molar-refractivity contribution < 1.29 is 27.5 Å². The van der Waals surface area contributed by atoms with Gasteiger partial charge >= 0.3 is 0 Å². The van der Waals surface area contributed by atoms with Crippen LogP contribution in [0.15, 0.2) is 42.5 Å². The van der Waals surface area contributed by atoms with E-state index in [1.807, 2.05) is 31.2 Å². The molecule has 0 bridgehead atoms. The Balaban J connectivity index is 1.60. The van der Waals surface area contributed by atoms with Crippen LogP contribution in [-0.2, 0) is 32.7 Å². The first kappa shape index (κ1) is 23.1. The van der Waals surface area contributed by atoms with Crippen molar-refractivity contribution in [2.24, 2.45) is 0 Å². The minimum Gasteiger partial charge on any atom is -0.454 e. The Bertz CT molecular complexity index is 1180. The highest BCUT2D eigenvalue weighted by atomic mass is 32.2. The summed E-state index contributed by atoms with van der Waals surface area (Å²) >= 11 is 0. The van der Waals surface area contributed by atoms with Gasteiger partial charge in [0.25, 0.3) is 0 Å². The van der Waals surface area contributed by atoms with Crippen molar-refractivity contribution in [2.75, 3.05) is 26.1 Å². The Kier molecular flexibility index (Phi) is 6.06. The van der Waals surface area contributed by atoms with Gasteiger partial charge in [-0.25, -0.2) is 8.42 Å². The number of aryl methyl sites for hydroxylation is 1. The summed E-state index contributed by atoms with van der Waals surface area (Å²) in [6, 6.07) is 13.0. The lowest BCUT2D eigenvalue weighted by Crippen LogP contribution is -2.69. The van der Waals surface area contributed by atoms with Crippen LogP contribution < -0.4 is 14.8 Å². The molecule has 0 aliphatic carbocycles. The minimum atomic E-state index is -3.67. The molecule has 1 N–H and O–H groups in total. The number of rotatable bonds is 6. The van der Waals surface area contributed by atoms with Crippen LogP contribution >= 0.6 is 0 Å². The molecule has 2 aliphatic rings. The number of amides is 2. The minimum absolute atomic E-state index is 0.127. The van der Waals surface area contributed by atoms with E-state index in [-0.39, 0.29) is 33.0 Å². The Labute approximate surface area is 193 Å². The molecule has 0 aromatic heterocycles. The van der Waals surface area contributed by atoms with Gasteiger partial charge in [-0.15, -0.1) is 0 Å². The van der Waals surface area contributed by atoms with Gasteiger partial charge < -0.3 is 19.7 Å². The smallest absolute Gasteiger partial charge is 0.247 e. The molecule has 0 saturated carbocycles. The lowest BCUT2D eigenvalue weighted by Gasteiger charge is -2.46. The van der Waals surface area contributed by atoms with Gasteiger partial charge in [0.2, 0.25) is 28.6 Å². The summed E-state index contributed by atoms with van der Waals surface area (Å²) in [6.45, 7) is 3.64. The molecule has 9 nitrogen and oxygen atoms in total. The molecule has 1 fully saturated rings. The third-order valence-electron chi connectivity index (χ3n) is 6.00. The van der Waals surface area contributed by atoms with Gasteiger partial charge in [-0.1, -0.05) is 35.9 Å². The summed E-state index contributed by atoms with van der Waals surface area (Å²) in [4.78, 5) is 27.9. The van der Waals surface area contributed by atoms with E-state index in [1.54, 1.807) is 25.1 Å². The maximum absolute atomic E-state index is 13.4. The van der Waals surface area contributed by atoms with Crippen LogP contribution in [0.2, 0.25) is 0 Å². The first-order valence-corrected chi connectivity index (χ1v) is 12.4. The fourth-order valence-corrected chi connectivity index (χ4v) is 4.82. The normalized spacial score (nSPS) is 20.7. The molecule has 10 heteroatoms. The largest absolute Gasteiger partial charge is 0.454 e. The number of fused-ring (bicyclic) bond motifs is 1. The Morgan fingerprint density at radius 3 is 2.45 bits per heavy atom. The predicted octanol–water partition coefficient (Wildman–Crippen LogP) is 1.40. The first-order valence-electron chi connectivity index (χ1n) is 10.5. The van der Waals surface area contributed by atoms with E-state index in [2.05, 4.69) is 5.32 Å². The molecule has 1 saturated heterocycles. The van der Waals surface area contributed by atoms with E-state index in [0.717, 1.165) is 27.3 Å². The quantitative estimate of drug-likeness (QED) is 0.680.